The lowest BCUT2D eigenvalue weighted by Crippen LogP contribution is -2.45. The van der Waals surface area contributed by atoms with Crippen LogP contribution in [0.1, 0.15) is 12.5 Å². The van der Waals surface area contributed by atoms with Crippen LogP contribution in [0, 0.1) is 0 Å². The third kappa shape index (κ3) is 4.41. The van der Waals surface area contributed by atoms with Crippen molar-refractivity contribution in [2.45, 2.75) is 24.6 Å². The molecule has 0 saturated heterocycles. The van der Waals surface area contributed by atoms with Gasteiger partial charge < -0.3 is 10.4 Å². The molecule has 2 atom stereocenters. The van der Waals surface area contributed by atoms with E-state index < -0.39 is 12.0 Å². The number of carboxylic acid groups (broad SMARTS) is 1. The molecule has 2 N–H and O–H groups in total. The van der Waals surface area contributed by atoms with Crippen LogP contribution >= 0.6 is 11.8 Å². The molecule has 1 aromatic rings. The molecule has 0 spiro atoms. The Kier molecular flexibility index (Phi) is 5.71. The van der Waals surface area contributed by atoms with Gasteiger partial charge in [0.1, 0.15) is 6.04 Å². The molecule has 0 saturated carbocycles. The van der Waals surface area contributed by atoms with E-state index in [0.29, 0.717) is 6.42 Å². The average molecular weight is 267 g/mol. The minimum Gasteiger partial charge on any atom is -0.480 e. The highest BCUT2D eigenvalue weighted by Crippen LogP contribution is 2.07. The lowest BCUT2D eigenvalue weighted by atomic mass is 10.1. The van der Waals surface area contributed by atoms with Crippen molar-refractivity contribution >= 4 is 23.6 Å². The molecule has 0 aliphatic heterocycles. The van der Waals surface area contributed by atoms with Gasteiger partial charge in [0.15, 0.2) is 0 Å². The first-order valence-corrected chi connectivity index (χ1v) is 6.93. The Bertz CT molecular complexity index is 408. The SMILES string of the molecule is CSC(C)C(=O)N[C@H](Cc1ccccc1)C(=O)O. The summed E-state index contributed by atoms with van der Waals surface area (Å²) >= 11 is 1.39. The van der Waals surface area contributed by atoms with E-state index in [4.69, 9.17) is 5.11 Å². The van der Waals surface area contributed by atoms with E-state index in [1.807, 2.05) is 36.6 Å². The summed E-state index contributed by atoms with van der Waals surface area (Å²) in [5.74, 6) is -1.26. The van der Waals surface area contributed by atoms with Crippen molar-refractivity contribution < 1.29 is 14.7 Å². The van der Waals surface area contributed by atoms with Crippen LogP contribution in [0.3, 0.4) is 0 Å². The largest absolute Gasteiger partial charge is 0.480 e. The third-order valence-electron chi connectivity index (χ3n) is 2.62. The molecule has 1 unspecified atom stereocenters. The van der Waals surface area contributed by atoms with E-state index in [1.54, 1.807) is 6.92 Å². The zero-order valence-corrected chi connectivity index (χ0v) is 11.2. The van der Waals surface area contributed by atoms with Gasteiger partial charge in [0, 0.05) is 6.42 Å². The van der Waals surface area contributed by atoms with E-state index in [-0.39, 0.29) is 11.2 Å². The standard InChI is InChI=1S/C13H17NO3S/c1-9(18-2)12(15)14-11(13(16)17)8-10-6-4-3-5-7-10/h3-7,9,11H,8H2,1-2H3,(H,14,15)(H,16,17)/t9?,11-/m1/s1. The maximum absolute atomic E-state index is 11.7. The van der Waals surface area contributed by atoms with Gasteiger partial charge in [-0.15, -0.1) is 0 Å². The molecule has 1 aromatic carbocycles. The second-order valence-corrected chi connectivity index (χ2v) is 5.15. The number of hydrogen-bond donors (Lipinski definition) is 2. The van der Waals surface area contributed by atoms with Crippen LogP contribution in [-0.4, -0.2) is 34.5 Å². The number of benzene rings is 1. The lowest BCUT2D eigenvalue weighted by Gasteiger charge is -2.16. The lowest BCUT2D eigenvalue weighted by molar-refractivity contribution is -0.141. The molecule has 0 aliphatic carbocycles. The summed E-state index contributed by atoms with van der Waals surface area (Å²) in [5, 5.41) is 11.4. The monoisotopic (exact) mass is 267 g/mol. The van der Waals surface area contributed by atoms with E-state index in [0.717, 1.165) is 5.56 Å². The van der Waals surface area contributed by atoms with Crippen LogP contribution in [0.2, 0.25) is 0 Å². The highest BCUT2D eigenvalue weighted by atomic mass is 32.2. The van der Waals surface area contributed by atoms with E-state index >= 15 is 0 Å². The third-order valence-corrected chi connectivity index (χ3v) is 3.54. The molecular weight excluding hydrogens is 250 g/mol. The number of thioether (sulfide) groups is 1. The number of hydrogen-bond acceptors (Lipinski definition) is 3. The Morgan fingerprint density at radius 2 is 1.94 bits per heavy atom. The van der Waals surface area contributed by atoms with E-state index in [1.165, 1.54) is 11.8 Å². The Morgan fingerprint density at radius 1 is 1.33 bits per heavy atom. The predicted molar refractivity (Wildman–Crippen MR) is 72.7 cm³/mol. The number of carbonyl (C=O) groups excluding carboxylic acids is 1. The Labute approximate surface area is 111 Å². The van der Waals surface area contributed by atoms with Crippen LogP contribution in [0.15, 0.2) is 30.3 Å². The highest BCUT2D eigenvalue weighted by molar-refractivity contribution is 7.99. The fourth-order valence-electron chi connectivity index (χ4n) is 1.45. The summed E-state index contributed by atoms with van der Waals surface area (Å²) in [7, 11) is 0. The topological polar surface area (TPSA) is 66.4 Å². The van der Waals surface area contributed by atoms with Crippen LogP contribution < -0.4 is 5.32 Å². The number of aliphatic carboxylic acids is 1. The van der Waals surface area contributed by atoms with Crippen molar-refractivity contribution in [1.82, 2.24) is 5.32 Å². The minimum absolute atomic E-state index is 0.245. The predicted octanol–water partition coefficient (Wildman–Crippen LogP) is 1.55. The van der Waals surface area contributed by atoms with Gasteiger partial charge in [0.05, 0.1) is 5.25 Å². The highest BCUT2D eigenvalue weighted by Gasteiger charge is 2.22. The molecule has 1 amide bonds. The van der Waals surface area contributed by atoms with Crippen LogP contribution in [0.25, 0.3) is 0 Å². The fraction of sp³-hybridized carbons (Fsp3) is 0.385. The van der Waals surface area contributed by atoms with Gasteiger partial charge >= 0.3 is 5.97 Å². The molecule has 5 heteroatoms. The summed E-state index contributed by atoms with van der Waals surface area (Å²) in [5.41, 5.74) is 0.891. The zero-order valence-electron chi connectivity index (χ0n) is 10.4. The van der Waals surface area contributed by atoms with Crippen molar-refractivity contribution in [2.75, 3.05) is 6.26 Å². The molecule has 0 aromatic heterocycles. The summed E-state index contributed by atoms with van der Waals surface area (Å²) in [6.07, 6.45) is 2.11. The Morgan fingerprint density at radius 3 is 2.44 bits per heavy atom. The molecule has 4 nitrogen and oxygen atoms in total. The summed E-state index contributed by atoms with van der Waals surface area (Å²) in [6.45, 7) is 1.75. The molecule has 0 aliphatic rings. The Hall–Kier alpha value is -1.49. The van der Waals surface area contributed by atoms with Crippen LogP contribution in [0.4, 0.5) is 0 Å². The zero-order chi connectivity index (χ0) is 13.5. The van der Waals surface area contributed by atoms with Crippen LogP contribution in [0.5, 0.6) is 0 Å². The number of rotatable bonds is 6. The van der Waals surface area contributed by atoms with Gasteiger partial charge in [0.2, 0.25) is 5.91 Å². The van der Waals surface area contributed by atoms with Crippen molar-refractivity contribution in [3.63, 3.8) is 0 Å². The molecule has 98 valence electrons. The van der Waals surface area contributed by atoms with Gasteiger partial charge in [-0.1, -0.05) is 30.3 Å². The molecule has 0 bridgehead atoms. The number of amides is 1. The molecular formula is C13H17NO3S. The second-order valence-electron chi connectivity index (χ2n) is 3.97. The van der Waals surface area contributed by atoms with Gasteiger partial charge in [-0.25, -0.2) is 4.79 Å². The Balaban J connectivity index is 2.67. The summed E-state index contributed by atoms with van der Waals surface area (Å²) in [6, 6.07) is 8.38. The molecule has 0 radical (unpaired) electrons. The maximum atomic E-state index is 11.7. The molecule has 1 rings (SSSR count). The first-order valence-electron chi connectivity index (χ1n) is 5.64. The second kappa shape index (κ2) is 7.06. The summed E-state index contributed by atoms with van der Waals surface area (Å²) < 4.78 is 0. The summed E-state index contributed by atoms with van der Waals surface area (Å²) in [4.78, 5) is 22.8. The van der Waals surface area contributed by atoms with E-state index in [2.05, 4.69) is 5.32 Å². The first kappa shape index (κ1) is 14.6. The minimum atomic E-state index is -1.01. The van der Waals surface area contributed by atoms with Gasteiger partial charge in [-0.05, 0) is 18.7 Å². The molecule has 18 heavy (non-hydrogen) atoms. The maximum Gasteiger partial charge on any atom is 0.326 e. The number of carboxylic acids is 1. The van der Waals surface area contributed by atoms with Gasteiger partial charge in [-0.3, -0.25) is 4.79 Å². The van der Waals surface area contributed by atoms with Crippen molar-refractivity contribution in [3.8, 4) is 0 Å². The number of carbonyl (C=O) groups is 2. The van der Waals surface area contributed by atoms with Crippen molar-refractivity contribution in [1.29, 1.82) is 0 Å². The normalized spacial score (nSPS) is 13.7. The van der Waals surface area contributed by atoms with Gasteiger partial charge in [-0.2, -0.15) is 11.8 Å². The average Bonchev–Trinajstić information content (AvgIpc) is 2.37. The van der Waals surface area contributed by atoms with Crippen LogP contribution in [-0.2, 0) is 16.0 Å². The molecule has 0 fully saturated rings. The molecule has 0 heterocycles. The fourth-order valence-corrected chi connectivity index (χ4v) is 1.73. The number of nitrogens with one attached hydrogen (secondary N) is 1. The smallest absolute Gasteiger partial charge is 0.326 e. The quantitative estimate of drug-likeness (QED) is 0.820. The first-order chi connectivity index (χ1) is 8.54. The van der Waals surface area contributed by atoms with Crippen molar-refractivity contribution in [3.05, 3.63) is 35.9 Å². The van der Waals surface area contributed by atoms with Gasteiger partial charge in [0.25, 0.3) is 0 Å². The van der Waals surface area contributed by atoms with E-state index in [9.17, 15) is 9.59 Å². The van der Waals surface area contributed by atoms with Crippen molar-refractivity contribution in [2.24, 2.45) is 0 Å².